The Balaban J connectivity index is 2.04. The van der Waals surface area contributed by atoms with Gasteiger partial charge in [-0.2, -0.15) is 0 Å². The maximum Gasteiger partial charge on any atom is 0.274 e. The van der Waals surface area contributed by atoms with Crippen molar-refractivity contribution < 1.29 is 17.4 Å². The highest BCUT2D eigenvalue weighted by Gasteiger charge is 2.19. The van der Waals surface area contributed by atoms with Gasteiger partial charge in [-0.25, -0.2) is 13.1 Å². The summed E-state index contributed by atoms with van der Waals surface area (Å²) in [5.41, 5.74) is 0.517. The highest BCUT2D eigenvalue weighted by atomic mass is 32.2. The van der Waals surface area contributed by atoms with Crippen LogP contribution in [0.25, 0.3) is 0 Å². The molecule has 104 valence electrons. The minimum atomic E-state index is -3.67. The van der Waals surface area contributed by atoms with E-state index in [1.54, 1.807) is 26.1 Å². The summed E-state index contributed by atoms with van der Waals surface area (Å²) >= 11 is 0. The molecule has 2 rings (SSSR count). The molecular formula is C11H15N3O4S. The molecule has 8 heteroatoms. The summed E-state index contributed by atoms with van der Waals surface area (Å²) in [4.78, 5) is 0. The van der Waals surface area contributed by atoms with E-state index < -0.39 is 10.0 Å². The normalized spacial score (nSPS) is 11.9. The molecule has 0 fully saturated rings. The molecule has 0 bridgehead atoms. The molecule has 2 heterocycles. The quantitative estimate of drug-likeness (QED) is 0.813. The Kier molecular flexibility index (Phi) is 4.03. The van der Waals surface area contributed by atoms with E-state index in [9.17, 15) is 8.42 Å². The van der Waals surface area contributed by atoms with Crippen molar-refractivity contribution in [3.63, 3.8) is 0 Å². The van der Waals surface area contributed by atoms with Crippen molar-refractivity contribution in [2.75, 3.05) is 7.05 Å². The topological polar surface area (TPSA) is 97.4 Å². The molecule has 0 aliphatic carbocycles. The van der Waals surface area contributed by atoms with Crippen LogP contribution in [-0.4, -0.2) is 20.6 Å². The first-order valence-corrected chi connectivity index (χ1v) is 7.15. The molecule has 0 atom stereocenters. The van der Waals surface area contributed by atoms with E-state index in [-0.39, 0.29) is 11.6 Å². The molecule has 2 N–H and O–H groups in total. The molecule has 0 aliphatic heterocycles. The summed E-state index contributed by atoms with van der Waals surface area (Å²) < 4.78 is 36.4. The highest BCUT2D eigenvalue weighted by molar-refractivity contribution is 7.89. The van der Waals surface area contributed by atoms with Crippen LogP contribution in [0.15, 0.2) is 32.2 Å². The van der Waals surface area contributed by atoms with E-state index in [1.807, 2.05) is 0 Å². The van der Waals surface area contributed by atoms with Crippen LogP contribution < -0.4 is 10.0 Å². The van der Waals surface area contributed by atoms with E-state index >= 15 is 0 Å². The second kappa shape index (κ2) is 5.55. The van der Waals surface area contributed by atoms with Gasteiger partial charge >= 0.3 is 0 Å². The van der Waals surface area contributed by atoms with Crippen molar-refractivity contribution in [1.82, 2.24) is 15.2 Å². The van der Waals surface area contributed by atoms with Crippen LogP contribution in [0.4, 0.5) is 0 Å². The maximum atomic E-state index is 11.9. The molecule has 2 aromatic rings. The molecule has 0 spiro atoms. The number of aryl methyl sites for hydroxylation is 1. The standard InChI is InChI=1S/C11H15N3O4S/c1-8-5-9(14-18-8)6-13-19(15,16)11-4-3-10(17-11)7-12-2/h3-5,12-13H,6-7H2,1-2H3. The molecule has 0 amide bonds. The molecule has 0 unspecified atom stereocenters. The van der Waals surface area contributed by atoms with Gasteiger partial charge in [0.15, 0.2) is 0 Å². The lowest BCUT2D eigenvalue weighted by Gasteiger charge is -2.01. The summed E-state index contributed by atoms with van der Waals surface area (Å²) in [5, 5.41) is 6.47. The lowest BCUT2D eigenvalue weighted by Crippen LogP contribution is -2.23. The van der Waals surface area contributed by atoms with Gasteiger partial charge in [0.2, 0.25) is 5.09 Å². The predicted octanol–water partition coefficient (Wildman–Crippen LogP) is 0.774. The van der Waals surface area contributed by atoms with E-state index in [4.69, 9.17) is 8.94 Å². The van der Waals surface area contributed by atoms with Crippen LogP contribution in [0.1, 0.15) is 17.2 Å². The Hall–Kier alpha value is -1.64. The van der Waals surface area contributed by atoms with Gasteiger partial charge in [0, 0.05) is 6.07 Å². The zero-order chi connectivity index (χ0) is 13.9. The molecule has 0 radical (unpaired) electrons. The summed E-state index contributed by atoms with van der Waals surface area (Å²) in [5.74, 6) is 1.18. The molecular weight excluding hydrogens is 270 g/mol. The molecule has 7 nitrogen and oxygen atoms in total. The summed E-state index contributed by atoms with van der Waals surface area (Å²) in [6.07, 6.45) is 0. The van der Waals surface area contributed by atoms with Crippen LogP contribution in [-0.2, 0) is 23.1 Å². The average Bonchev–Trinajstić information content (AvgIpc) is 2.97. The van der Waals surface area contributed by atoms with E-state index in [0.29, 0.717) is 23.8 Å². The molecule has 0 saturated carbocycles. The number of nitrogens with zero attached hydrogens (tertiary/aromatic N) is 1. The smallest absolute Gasteiger partial charge is 0.274 e. The van der Waals surface area contributed by atoms with Crippen molar-refractivity contribution in [3.8, 4) is 0 Å². The van der Waals surface area contributed by atoms with Gasteiger partial charge in [-0.05, 0) is 26.1 Å². The Morgan fingerprint density at radius 1 is 1.32 bits per heavy atom. The molecule has 0 aliphatic rings. The van der Waals surface area contributed by atoms with Gasteiger partial charge in [-0.3, -0.25) is 0 Å². The zero-order valence-corrected chi connectivity index (χ0v) is 11.5. The third kappa shape index (κ3) is 3.43. The van der Waals surface area contributed by atoms with Crippen molar-refractivity contribution >= 4 is 10.0 Å². The number of nitrogens with one attached hydrogen (secondary N) is 2. The van der Waals surface area contributed by atoms with Crippen LogP contribution in [0, 0.1) is 6.92 Å². The highest BCUT2D eigenvalue weighted by Crippen LogP contribution is 2.14. The van der Waals surface area contributed by atoms with Gasteiger partial charge in [0.1, 0.15) is 11.5 Å². The molecule has 0 saturated heterocycles. The third-order valence-corrected chi connectivity index (χ3v) is 3.65. The Bertz CT molecular complexity index is 644. The maximum absolute atomic E-state index is 11.9. The minimum absolute atomic E-state index is 0.0573. The second-order valence-corrected chi connectivity index (χ2v) is 5.70. The van der Waals surface area contributed by atoms with Crippen LogP contribution in [0.5, 0.6) is 0 Å². The average molecular weight is 285 g/mol. The van der Waals surface area contributed by atoms with E-state index in [2.05, 4.69) is 15.2 Å². The fraction of sp³-hybridized carbons (Fsp3) is 0.364. The van der Waals surface area contributed by atoms with Gasteiger partial charge in [0.25, 0.3) is 10.0 Å². The van der Waals surface area contributed by atoms with Gasteiger partial charge in [-0.1, -0.05) is 5.16 Å². The number of sulfonamides is 1. The van der Waals surface area contributed by atoms with Gasteiger partial charge < -0.3 is 14.3 Å². The minimum Gasteiger partial charge on any atom is -0.447 e. The largest absolute Gasteiger partial charge is 0.447 e. The van der Waals surface area contributed by atoms with Crippen molar-refractivity contribution in [2.24, 2.45) is 0 Å². The third-order valence-electron chi connectivity index (χ3n) is 2.37. The molecule has 0 aromatic carbocycles. The van der Waals surface area contributed by atoms with Gasteiger partial charge in [-0.15, -0.1) is 0 Å². The fourth-order valence-electron chi connectivity index (χ4n) is 1.51. The monoisotopic (exact) mass is 285 g/mol. The fourth-order valence-corrected chi connectivity index (χ4v) is 2.46. The number of hydrogen-bond donors (Lipinski definition) is 2. The van der Waals surface area contributed by atoms with Crippen molar-refractivity contribution in [2.45, 2.75) is 25.1 Å². The predicted molar refractivity (Wildman–Crippen MR) is 66.7 cm³/mol. The summed E-state index contributed by atoms with van der Waals surface area (Å²) in [6, 6.07) is 4.70. The number of rotatable bonds is 6. The van der Waals surface area contributed by atoms with Crippen LogP contribution >= 0.6 is 0 Å². The summed E-state index contributed by atoms with van der Waals surface area (Å²) in [6.45, 7) is 2.27. The number of hydrogen-bond acceptors (Lipinski definition) is 6. The van der Waals surface area contributed by atoms with E-state index in [0.717, 1.165) is 0 Å². The first-order chi connectivity index (χ1) is 9.01. The molecule has 2 aromatic heterocycles. The zero-order valence-electron chi connectivity index (χ0n) is 10.6. The Morgan fingerprint density at radius 2 is 2.11 bits per heavy atom. The number of aromatic nitrogens is 1. The van der Waals surface area contributed by atoms with Crippen molar-refractivity contribution in [3.05, 3.63) is 35.4 Å². The summed E-state index contributed by atoms with van der Waals surface area (Å²) in [7, 11) is -1.92. The SMILES string of the molecule is CNCc1ccc(S(=O)(=O)NCc2cc(C)on2)o1. The van der Waals surface area contributed by atoms with Crippen molar-refractivity contribution in [1.29, 1.82) is 0 Å². The first-order valence-electron chi connectivity index (χ1n) is 5.66. The lowest BCUT2D eigenvalue weighted by molar-refractivity contribution is 0.388. The first kappa shape index (κ1) is 13.8. The number of furan rings is 1. The van der Waals surface area contributed by atoms with Crippen LogP contribution in [0.2, 0.25) is 0 Å². The van der Waals surface area contributed by atoms with E-state index in [1.165, 1.54) is 6.07 Å². The lowest BCUT2D eigenvalue weighted by atomic mass is 10.4. The molecule has 19 heavy (non-hydrogen) atoms. The van der Waals surface area contributed by atoms with Crippen LogP contribution in [0.3, 0.4) is 0 Å². The Labute approximate surface area is 111 Å². The Morgan fingerprint density at radius 3 is 2.74 bits per heavy atom. The second-order valence-electron chi connectivity index (χ2n) is 4.00. The van der Waals surface area contributed by atoms with Gasteiger partial charge in [0.05, 0.1) is 18.8 Å².